The molecule has 0 radical (unpaired) electrons. The lowest BCUT2D eigenvalue weighted by molar-refractivity contribution is -0.125. The summed E-state index contributed by atoms with van der Waals surface area (Å²) in [5.41, 5.74) is 1.51. The molecule has 0 unspecified atom stereocenters. The number of carbonyl (C=O) groups excluding carboxylic acids is 2. The number of amides is 2. The molecule has 0 fully saturated rings. The van der Waals surface area contributed by atoms with Crippen LogP contribution in [0.4, 0.5) is 15.8 Å². The van der Waals surface area contributed by atoms with Crippen LogP contribution in [0.1, 0.15) is 26.3 Å². The molecule has 2 aliphatic rings. The lowest BCUT2D eigenvalue weighted by atomic mass is 10.1. The first-order valence-electron chi connectivity index (χ1n) is 9.78. The number of halogens is 2. The maximum atomic E-state index is 14.0. The summed E-state index contributed by atoms with van der Waals surface area (Å²) in [5.74, 6) is -0.628. The van der Waals surface area contributed by atoms with Gasteiger partial charge in [0.15, 0.2) is 5.17 Å². The van der Waals surface area contributed by atoms with Crippen LogP contribution in [0.5, 0.6) is 0 Å². The van der Waals surface area contributed by atoms with Gasteiger partial charge < -0.3 is 5.32 Å². The molecule has 160 valence electrons. The zero-order valence-electron chi connectivity index (χ0n) is 17.1. The fourth-order valence-corrected chi connectivity index (χ4v) is 4.39. The fraction of sp³-hybridized carbons (Fsp3) is 0.273. The fourth-order valence-electron chi connectivity index (χ4n) is 3.32. The molecule has 0 saturated carbocycles. The van der Waals surface area contributed by atoms with Gasteiger partial charge in [-0.05, 0) is 43.2 Å². The molecule has 2 aromatic carbocycles. The second-order valence-electron chi connectivity index (χ2n) is 7.60. The van der Waals surface area contributed by atoms with Gasteiger partial charge in [0.1, 0.15) is 17.7 Å². The van der Waals surface area contributed by atoms with Gasteiger partial charge in [-0.1, -0.05) is 49.3 Å². The van der Waals surface area contributed by atoms with E-state index < -0.39 is 23.0 Å². The van der Waals surface area contributed by atoms with Crippen LogP contribution in [0.25, 0.3) is 0 Å². The number of para-hydroxylation sites is 1. The smallest absolute Gasteiger partial charge is 0.259 e. The number of amidine groups is 2. The molecule has 6 nitrogen and oxygen atoms in total. The normalized spacial score (nSPS) is 18.3. The minimum absolute atomic E-state index is 0.0256. The van der Waals surface area contributed by atoms with Crippen LogP contribution in [-0.4, -0.2) is 39.0 Å². The van der Waals surface area contributed by atoms with Crippen LogP contribution in [0.3, 0.4) is 0 Å². The van der Waals surface area contributed by atoms with Gasteiger partial charge in [0.25, 0.3) is 5.91 Å². The van der Waals surface area contributed by atoms with E-state index >= 15 is 0 Å². The van der Waals surface area contributed by atoms with Crippen molar-refractivity contribution in [2.24, 2.45) is 15.9 Å². The minimum Gasteiger partial charge on any atom is -0.323 e. The van der Waals surface area contributed by atoms with Crippen molar-refractivity contribution < 1.29 is 14.0 Å². The monoisotopic (exact) mass is 458 g/mol. The van der Waals surface area contributed by atoms with Crippen LogP contribution in [0.2, 0.25) is 5.02 Å². The van der Waals surface area contributed by atoms with Gasteiger partial charge in [-0.2, -0.15) is 0 Å². The van der Waals surface area contributed by atoms with Gasteiger partial charge in [0, 0.05) is 10.6 Å². The topological polar surface area (TPSA) is 74.1 Å². The van der Waals surface area contributed by atoms with Gasteiger partial charge in [0.05, 0.1) is 16.6 Å². The number of fused-ring (bicyclic) bond motifs is 3. The Hall–Kier alpha value is -2.71. The Morgan fingerprint density at radius 2 is 1.97 bits per heavy atom. The predicted molar refractivity (Wildman–Crippen MR) is 123 cm³/mol. The number of aliphatic imine (C=N–C) groups is 2. The lowest BCUT2D eigenvalue weighted by Crippen LogP contribution is -2.43. The van der Waals surface area contributed by atoms with Crippen LogP contribution >= 0.6 is 23.4 Å². The van der Waals surface area contributed by atoms with E-state index in [0.717, 1.165) is 23.4 Å². The standard InChI is InChI=1S/C22H20ClFN4O2S/c1-11(2)18-21(30)28-19(27-18)14-6-4-5-7-16(14)26-22(28)31-12(3)20(29)25-17-9-8-13(23)10-15(17)24/h4-12,18H,1-3H3,(H,25,29)/t12-,18+/m1/s1. The molecular formula is C22H20ClFN4O2S. The number of nitrogens with one attached hydrogen (secondary N) is 1. The first-order valence-corrected chi connectivity index (χ1v) is 11.0. The zero-order valence-corrected chi connectivity index (χ0v) is 18.7. The van der Waals surface area contributed by atoms with E-state index in [1.54, 1.807) is 6.92 Å². The summed E-state index contributed by atoms with van der Waals surface area (Å²) in [7, 11) is 0. The number of anilines is 1. The number of hydrogen-bond donors (Lipinski definition) is 1. The van der Waals surface area contributed by atoms with Crippen molar-refractivity contribution in [3.8, 4) is 0 Å². The molecular weight excluding hydrogens is 439 g/mol. The highest BCUT2D eigenvalue weighted by Crippen LogP contribution is 2.36. The predicted octanol–water partition coefficient (Wildman–Crippen LogP) is 4.85. The first-order chi connectivity index (χ1) is 14.8. The van der Waals surface area contributed by atoms with Crippen LogP contribution < -0.4 is 5.32 Å². The SMILES string of the molecule is CC(C)[C@@H]1N=C2c3ccccc3N=C(S[C@H](C)C(=O)Nc3ccc(Cl)cc3F)N2C1=O. The molecule has 2 amide bonds. The minimum atomic E-state index is -0.647. The Kier molecular flexibility index (Phi) is 5.85. The Morgan fingerprint density at radius 3 is 2.68 bits per heavy atom. The number of nitrogens with zero attached hydrogens (tertiary/aromatic N) is 3. The second kappa shape index (κ2) is 8.43. The van der Waals surface area contributed by atoms with Crippen molar-refractivity contribution >= 4 is 57.6 Å². The van der Waals surface area contributed by atoms with Crippen molar-refractivity contribution in [3.63, 3.8) is 0 Å². The van der Waals surface area contributed by atoms with Crippen molar-refractivity contribution in [2.75, 3.05) is 5.32 Å². The molecule has 2 heterocycles. The summed E-state index contributed by atoms with van der Waals surface area (Å²) >= 11 is 6.89. The van der Waals surface area contributed by atoms with Gasteiger partial charge >= 0.3 is 0 Å². The van der Waals surface area contributed by atoms with Crippen LogP contribution in [0.15, 0.2) is 52.4 Å². The molecule has 0 aliphatic carbocycles. The van der Waals surface area contributed by atoms with E-state index in [9.17, 15) is 14.0 Å². The second-order valence-corrected chi connectivity index (χ2v) is 9.34. The molecule has 4 rings (SSSR count). The van der Waals surface area contributed by atoms with Crippen molar-refractivity contribution in [1.82, 2.24) is 4.90 Å². The third kappa shape index (κ3) is 4.09. The zero-order chi connectivity index (χ0) is 22.3. The van der Waals surface area contributed by atoms with Crippen LogP contribution in [0, 0.1) is 11.7 Å². The molecule has 2 aromatic rings. The first kappa shape index (κ1) is 21.5. The Labute approximate surface area is 188 Å². The van der Waals surface area contributed by atoms with Crippen molar-refractivity contribution in [2.45, 2.75) is 32.1 Å². The number of thioether (sulfide) groups is 1. The summed E-state index contributed by atoms with van der Waals surface area (Å²) in [6.45, 7) is 5.56. The molecule has 31 heavy (non-hydrogen) atoms. The number of carbonyl (C=O) groups is 2. The van der Waals surface area contributed by atoms with E-state index in [0.29, 0.717) is 16.7 Å². The summed E-state index contributed by atoms with van der Waals surface area (Å²) in [6, 6.07) is 11.0. The van der Waals surface area contributed by atoms with Gasteiger partial charge in [-0.15, -0.1) is 0 Å². The third-order valence-corrected chi connectivity index (χ3v) is 6.26. The molecule has 2 aliphatic heterocycles. The molecule has 0 spiro atoms. The Balaban J connectivity index is 1.60. The lowest BCUT2D eigenvalue weighted by Gasteiger charge is -2.27. The van der Waals surface area contributed by atoms with Crippen molar-refractivity contribution in [1.29, 1.82) is 0 Å². The highest BCUT2D eigenvalue weighted by molar-refractivity contribution is 8.15. The van der Waals surface area contributed by atoms with E-state index in [-0.39, 0.29) is 22.5 Å². The van der Waals surface area contributed by atoms with Gasteiger partial charge in [-0.25, -0.2) is 14.3 Å². The average molecular weight is 459 g/mol. The largest absolute Gasteiger partial charge is 0.323 e. The van der Waals surface area contributed by atoms with Gasteiger partial charge in [0.2, 0.25) is 5.91 Å². The van der Waals surface area contributed by atoms with Crippen molar-refractivity contribution in [3.05, 3.63) is 58.9 Å². The van der Waals surface area contributed by atoms with Crippen LogP contribution in [-0.2, 0) is 9.59 Å². The maximum absolute atomic E-state index is 14.0. The highest BCUT2D eigenvalue weighted by atomic mass is 35.5. The molecule has 1 N–H and O–H groups in total. The summed E-state index contributed by atoms with van der Waals surface area (Å²) in [4.78, 5) is 36.5. The summed E-state index contributed by atoms with van der Waals surface area (Å²) < 4.78 is 14.0. The molecule has 0 bridgehead atoms. The third-order valence-electron chi connectivity index (χ3n) is 4.97. The Bertz CT molecular complexity index is 1130. The molecule has 9 heteroatoms. The maximum Gasteiger partial charge on any atom is 0.259 e. The molecule has 0 saturated heterocycles. The van der Waals surface area contributed by atoms with E-state index in [2.05, 4.69) is 15.3 Å². The number of benzene rings is 2. The quantitative estimate of drug-likeness (QED) is 0.711. The van der Waals surface area contributed by atoms with E-state index in [1.807, 2.05) is 38.1 Å². The molecule has 2 atom stereocenters. The molecule has 0 aromatic heterocycles. The van der Waals surface area contributed by atoms with E-state index in [4.69, 9.17) is 11.6 Å². The van der Waals surface area contributed by atoms with E-state index in [1.165, 1.54) is 17.0 Å². The number of hydrogen-bond acceptors (Lipinski definition) is 5. The summed E-state index contributed by atoms with van der Waals surface area (Å²) in [5, 5.41) is 2.54. The number of rotatable bonds is 4. The summed E-state index contributed by atoms with van der Waals surface area (Å²) in [6.07, 6.45) is 0. The average Bonchev–Trinajstić information content (AvgIpc) is 3.08. The Morgan fingerprint density at radius 1 is 1.23 bits per heavy atom. The highest BCUT2D eigenvalue weighted by Gasteiger charge is 2.43. The van der Waals surface area contributed by atoms with Gasteiger partial charge in [-0.3, -0.25) is 14.6 Å².